The molecule has 26 heavy (non-hydrogen) atoms. The van der Waals surface area contributed by atoms with Gasteiger partial charge in [0.05, 0.1) is 0 Å². The predicted molar refractivity (Wildman–Crippen MR) is 97.2 cm³/mol. The second-order valence-corrected chi connectivity index (χ2v) is 6.83. The summed E-state index contributed by atoms with van der Waals surface area (Å²) in [5.74, 6) is -0.272. The third-order valence-corrected chi connectivity index (χ3v) is 4.78. The lowest BCUT2D eigenvalue weighted by atomic mass is 10.2. The molecule has 2 fully saturated rings. The Morgan fingerprint density at radius 3 is 2.50 bits per heavy atom. The van der Waals surface area contributed by atoms with Gasteiger partial charge >= 0.3 is 0 Å². The molecule has 0 unspecified atom stereocenters. The zero-order valence-corrected chi connectivity index (χ0v) is 15.5. The van der Waals surface area contributed by atoms with Crippen LogP contribution in [-0.2, 0) is 9.59 Å². The van der Waals surface area contributed by atoms with Gasteiger partial charge in [-0.3, -0.25) is 9.59 Å². The SMILES string of the molecule is CC(=O)N1CCC[C@@H]1C(=O)N1CCCN(C)CC1.Oc1cccc(F)c1. The molecule has 7 heteroatoms. The van der Waals surface area contributed by atoms with Gasteiger partial charge in [0.25, 0.3) is 0 Å². The molecule has 1 atom stereocenters. The van der Waals surface area contributed by atoms with Crippen LogP contribution in [0.1, 0.15) is 26.2 Å². The van der Waals surface area contributed by atoms with Crippen molar-refractivity contribution in [3.63, 3.8) is 0 Å². The topological polar surface area (TPSA) is 64.1 Å². The number of aromatic hydroxyl groups is 1. The molecule has 0 aromatic heterocycles. The molecule has 1 N–H and O–H groups in total. The Bertz CT molecular complexity index is 609. The van der Waals surface area contributed by atoms with Gasteiger partial charge < -0.3 is 19.8 Å². The first kappa shape index (κ1) is 20.2. The van der Waals surface area contributed by atoms with Gasteiger partial charge in [0, 0.05) is 39.2 Å². The molecule has 0 bridgehead atoms. The minimum atomic E-state index is -0.412. The number of phenols is 1. The Hall–Kier alpha value is -2.15. The molecule has 2 saturated heterocycles. The second-order valence-electron chi connectivity index (χ2n) is 6.83. The molecule has 2 aliphatic rings. The summed E-state index contributed by atoms with van der Waals surface area (Å²) in [5.41, 5.74) is 0. The Morgan fingerprint density at radius 2 is 1.88 bits per heavy atom. The van der Waals surface area contributed by atoms with E-state index in [0.717, 1.165) is 58.1 Å². The van der Waals surface area contributed by atoms with Crippen molar-refractivity contribution < 1.29 is 19.1 Å². The van der Waals surface area contributed by atoms with Gasteiger partial charge in [0.1, 0.15) is 17.6 Å². The average Bonchev–Trinajstić information content (AvgIpc) is 2.98. The highest BCUT2D eigenvalue weighted by atomic mass is 19.1. The Kier molecular flexibility index (Phi) is 7.38. The quantitative estimate of drug-likeness (QED) is 0.823. The normalized spacial score (nSPS) is 21.0. The summed E-state index contributed by atoms with van der Waals surface area (Å²) >= 11 is 0. The molecule has 0 saturated carbocycles. The Balaban J connectivity index is 0.000000254. The minimum Gasteiger partial charge on any atom is -0.508 e. The first-order valence-corrected chi connectivity index (χ1v) is 9.07. The lowest BCUT2D eigenvalue weighted by molar-refractivity contribution is -0.142. The number of nitrogens with zero attached hydrogens (tertiary/aromatic N) is 3. The molecule has 1 aromatic carbocycles. The van der Waals surface area contributed by atoms with Crippen molar-refractivity contribution in [2.45, 2.75) is 32.2 Å². The maximum atomic E-state index is 12.5. The summed E-state index contributed by atoms with van der Waals surface area (Å²) in [4.78, 5) is 29.9. The first-order valence-electron chi connectivity index (χ1n) is 9.07. The van der Waals surface area contributed by atoms with Gasteiger partial charge in [-0.05, 0) is 45.0 Å². The summed E-state index contributed by atoms with van der Waals surface area (Å²) in [6, 6.07) is 5.00. The number of hydrogen-bond donors (Lipinski definition) is 1. The zero-order valence-electron chi connectivity index (χ0n) is 15.5. The molecule has 6 nitrogen and oxygen atoms in total. The molecule has 2 heterocycles. The fourth-order valence-corrected chi connectivity index (χ4v) is 3.35. The van der Waals surface area contributed by atoms with Crippen molar-refractivity contribution in [2.24, 2.45) is 0 Å². The van der Waals surface area contributed by atoms with Crippen LogP contribution < -0.4 is 0 Å². The number of phenolic OH excluding ortho intramolecular Hbond substituents is 1. The fraction of sp³-hybridized carbons (Fsp3) is 0.579. The highest BCUT2D eigenvalue weighted by molar-refractivity contribution is 5.87. The van der Waals surface area contributed by atoms with Crippen LogP contribution in [0.25, 0.3) is 0 Å². The second kappa shape index (κ2) is 9.52. The van der Waals surface area contributed by atoms with Gasteiger partial charge in [-0.25, -0.2) is 4.39 Å². The average molecular weight is 365 g/mol. The number of rotatable bonds is 1. The van der Waals surface area contributed by atoms with Crippen LogP contribution in [0.4, 0.5) is 4.39 Å². The van der Waals surface area contributed by atoms with Crippen LogP contribution in [0, 0.1) is 5.82 Å². The molecule has 0 aliphatic carbocycles. The van der Waals surface area contributed by atoms with E-state index in [2.05, 4.69) is 11.9 Å². The summed E-state index contributed by atoms with van der Waals surface area (Å²) in [5, 5.41) is 8.57. The molecule has 2 aliphatic heterocycles. The van der Waals surface area contributed by atoms with E-state index in [1.54, 1.807) is 11.8 Å². The van der Waals surface area contributed by atoms with Gasteiger partial charge in [-0.1, -0.05) is 6.07 Å². The van der Waals surface area contributed by atoms with Crippen LogP contribution >= 0.6 is 0 Å². The van der Waals surface area contributed by atoms with Crippen LogP contribution in [0.2, 0.25) is 0 Å². The molecule has 1 aromatic rings. The van der Waals surface area contributed by atoms with Crippen molar-refractivity contribution in [1.82, 2.24) is 14.7 Å². The van der Waals surface area contributed by atoms with Crippen LogP contribution in [0.15, 0.2) is 24.3 Å². The monoisotopic (exact) mass is 365 g/mol. The van der Waals surface area contributed by atoms with Gasteiger partial charge in [-0.15, -0.1) is 0 Å². The predicted octanol–water partition coefficient (Wildman–Crippen LogP) is 1.69. The molecule has 2 amide bonds. The van der Waals surface area contributed by atoms with Crippen molar-refractivity contribution >= 4 is 11.8 Å². The van der Waals surface area contributed by atoms with E-state index in [1.807, 2.05) is 4.90 Å². The van der Waals surface area contributed by atoms with E-state index in [1.165, 1.54) is 18.2 Å². The van der Waals surface area contributed by atoms with Crippen LogP contribution in [0.5, 0.6) is 5.75 Å². The summed E-state index contributed by atoms with van der Waals surface area (Å²) in [7, 11) is 2.09. The van der Waals surface area contributed by atoms with Gasteiger partial charge in [0.15, 0.2) is 0 Å². The number of halogens is 1. The van der Waals surface area contributed by atoms with E-state index in [9.17, 15) is 14.0 Å². The van der Waals surface area contributed by atoms with Crippen LogP contribution in [0.3, 0.4) is 0 Å². The van der Waals surface area contributed by atoms with Crippen molar-refractivity contribution in [2.75, 3.05) is 39.8 Å². The molecule has 3 rings (SSSR count). The molecule has 0 spiro atoms. The lowest BCUT2D eigenvalue weighted by Crippen LogP contribution is -2.48. The van der Waals surface area contributed by atoms with E-state index in [4.69, 9.17) is 5.11 Å². The first-order chi connectivity index (χ1) is 12.4. The smallest absolute Gasteiger partial charge is 0.245 e. The maximum absolute atomic E-state index is 12.5. The number of carbonyl (C=O) groups excluding carboxylic acids is 2. The standard InChI is InChI=1S/C13H23N3O2.C6H5FO/c1-11(17)16-8-3-5-12(16)13(18)15-7-4-6-14(2)9-10-15;7-5-2-1-3-6(8)4-5/h12H,3-10H2,1-2H3;1-4,8H/t12-;/m1./s1. The molecular formula is C19H28FN3O3. The third kappa shape index (κ3) is 5.69. The summed E-state index contributed by atoms with van der Waals surface area (Å²) in [6.45, 7) is 5.88. The Morgan fingerprint density at radius 1 is 1.12 bits per heavy atom. The number of hydrogen-bond acceptors (Lipinski definition) is 4. The lowest BCUT2D eigenvalue weighted by Gasteiger charge is -2.29. The molecule has 144 valence electrons. The summed E-state index contributed by atoms with van der Waals surface area (Å²) in [6.07, 6.45) is 2.80. The Labute approximate surface area is 154 Å². The zero-order chi connectivity index (χ0) is 19.1. The number of benzene rings is 1. The minimum absolute atomic E-state index is 0.0257. The number of likely N-dealkylation sites (tertiary alicyclic amines) is 1. The van der Waals surface area contributed by atoms with E-state index >= 15 is 0 Å². The number of likely N-dealkylation sites (N-methyl/N-ethyl adjacent to an activating group) is 1. The fourth-order valence-electron chi connectivity index (χ4n) is 3.35. The molecular weight excluding hydrogens is 337 g/mol. The highest BCUT2D eigenvalue weighted by Crippen LogP contribution is 2.20. The molecule has 0 radical (unpaired) electrons. The van der Waals surface area contributed by atoms with Gasteiger partial charge in [-0.2, -0.15) is 0 Å². The van der Waals surface area contributed by atoms with Gasteiger partial charge in [0.2, 0.25) is 11.8 Å². The number of carbonyl (C=O) groups is 2. The van der Waals surface area contributed by atoms with E-state index in [0.29, 0.717) is 0 Å². The van der Waals surface area contributed by atoms with Crippen LogP contribution in [-0.4, -0.2) is 77.4 Å². The number of amides is 2. The third-order valence-electron chi connectivity index (χ3n) is 4.78. The largest absolute Gasteiger partial charge is 0.508 e. The summed E-state index contributed by atoms with van der Waals surface area (Å²) < 4.78 is 12.0. The van der Waals surface area contributed by atoms with E-state index < -0.39 is 5.82 Å². The van der Waals surface area contributed by atoms with Crippen molar-refractivity contribution in [3.8, 4) is 5.75 Å². The van der Waals surface area contributed by atoms with E-state index in [-0.39, 0.29) is 23.6 Å². The van der Waals surface area contributed by atoms with Crippen molar-refractivity contribution in [3.05, 3.63) is 30.1 Å². The maximum Gasteiger partial charge on any atom is 0.245 e. The highest BCUT2D eigenvalue weighted by Gasteiger charge is 2.35. The van der Waals surface area contributed by atoms with Crippen molar-refractivity contribution in [1.29, 1.82) is 0 Å².